The van der Waals surface area contributed by atoms with Crippen molar-refractivity contribution in [2.24, 2.45) is 5.92 Å². The summed E-state index contributed by atoms with van der Waals surface area (Å²) < 4.78 is 0. The van der Waals surface area contributed by atoms with Crippen molar-refractivity contribution >= 4 is 16.7 Å². The third kappa shape index (κ3) is 3.60. The van der Waals surface area contributed by atoms with Crippen molar-refractivity contribution in [1.82, 2.24) is 5.32 Å². The molecule has 0 aromatic heterocycles. The van der Waals surface area contributed by atoms with Crippen molar-refractivity contribution in [3.63, 3.8) is 0 Å². The zero-order valence-corrected chi connectivity index (χ0v) is 12.4. The zero-order chi connectivity index (χ0) is 14.8. The van der Waals surface area contributed by atoms with Gasteiger partial charge in [-0.25, -0.2) is 0 Å². The molecule has 1 amide bonds. The fourth-order valence-electron chi connectivity index (χ4n) is 2.30. The highest BCUT2D eigenvalue weighted by Gasteiger charge is 2.20. The number of hydrogen-bond acceptors (Lipinski definition) is 1. The Balaban J connectivity index is 2.18. The average molecular weight is 268 g/mol. The maximum absolute atomic E-state index is 12.1. The van der Waals surface area contributed by atoms with Crippen molar-refractivity contribution in [1.29, 1.82) is 0 Å². The molecule has 0 fully saturated rings. The summed E-state index contributed by atoms with van der Waals surface area (Å²) >= 11 is 0. The van der Waals surface area contributed by atoms with E-state index in [1.807, 2.05) is 39.0 Å². The summed E-state index contributed by atoms with van der Waals surface area (Å²) in [4.78, 5) is 12.1. The number of benzene rings is 2. The molecule has 1 radical (unpaired) electrons. The van der Waals surface area contributed by atoms with E-state index in [2.05, 4.69) is 36.5 Å². The molecule has 105 valence electrons. The van der Waals surface area contributed by atoms with Crippen LogP contribution in [0.2, 0.25) is 0 Å². The first-order valence-electron chi connectivity index (χ1n) is 6.98. The number of nitrogens with one attached hydrogen (secondary N) is 1. The average Bonchev–Trinajstić information content (AvgIpc) is 2.37. The van der Waals surface area contributed by atoms with Gasteiger partial charge < -0.3 is 5.32 Å². The van der Waals surface area contributed by atoms with E-state index in [4.69, 9.17) is 0 Å². The topological polar surface area (TPSA) is 29.1 Å². The number of carbonyl (C=O) groups is 1. The normalized spacial score (nSPS) is 13.2. The van der Waals surface area contributed by atoms with E-state index in [0.29, 0.717) is 6.42 Å². The lowest BCUT2D eigenvalue weighted by Crippen LogP contribution is -2.43. The minimum Gasteiger partial charge on any atom is -0.351 e. The number of rotatable bonds is 3. The van der Waals surface area contributed by atoms with E-state index in [1.54, 1.807) is 0 Å². The lowest BCUT2D eigenvalue weighted by molar-refractivity contribution is -0.125. The summed E-state index contributed by atoms with van der Waals surface area (Å²) in [6.07, 6.45) is 0.656. The summed E-state index contributed by atoms with van der Waals surface area (Å²) in [6, 6.07) is 14.4. The third-order valence-electron chi connectivity index (χ3n) is 3.22. The Morgan fingerprint density at radius 1 is 1.15 bits per heavy atom. The second-order valence-corrected chi connectivity index (χ2v) is 6.28. The van der Waals surface area contributed by atoms with Gasteiger partial charge in [0.1, 0.15) is 0 Å². The largest absolute Gasteiger partial charge is 0.351 e. The molecule has 0 aliphatic rings. The standard InChI is InChI=1S/C18H22NO/c1-13(17(20)19-18(2,3)4)12-15-10-7-9-14-8-5-6-11-16(14)15/h5-11,13H,1,12H2,2-4H3,(H,19,20). The monoisotopic (exact) mass is 268 g/mol. The first-order chi connectivity index (χ1) is 9.37. The van der Waals surface area contributed by atoms with Crippen LogP contribution in [0.1, 0.15) is 26.3 Å². The quantitative estimate of drug-likeness (QED) is 0.902. The minimum absolute atomic E-state index is 0.00503. The molecule has 0 aliphatic heterocycles. The molecule has 0 spiro atoms. The molecule has 0 bridgehead atoms. The van der Waals surface area contributed by atoms with Crippen LogP contribution in [0.25, 0.3) is 10.8 Å². The molecular formula is C18H22NO. The van der Waals surface area contributed by atoms with Crippen LogP contribution in [0, 0.1) is 12.8 Å². The Kier molecular flexibility index (Phi) is 4.12. The molecule has 1 N–H and O–H groups in total. The van der Waals surface area contributed by atoms with Crippen LogP contribution >= 0.6 is 0 Å². The second kappa shape index (κ2) is 5.66. The van der Waals surface area contributed by atoms with Crippen molar-refractivity contribution in [3.8, 4) is 0 Å². The summed E-state index contributed by atoms with van der Waals surface area (Å²) in [6.45, 7) is 9.96. The number of fused-ring (bicyclic) bond motifs is 1. The van der Waals surface area contributed by atoms with Crippen LogP contribution in [-0.2, 0) is 11.2 Å². The molecule has 1 unspecified atom stereocenters. The molecule has 0 heterocycles. The van der Waals surface area contributed by atoms with Gasteiger partial charge in [0.2, 0.25) is 5.91 Å². The van der Waals surface area contributed by atoms with Crippen LogP contribution in [0.4, 0.5) is 0 Å². The van der Waals surface area contributed by atoms with E-state index < -0.39 is 0 Å². The third-order valence-corrected chi connectivity index (χ3v) is 3.22. The first kappa shape index (κ1) is 14.6. The zero-order valence-electron chi connectivity index (χ0n) is 12.4. The second-order valence-electron chi connectivity index (χ2n) is 6.28. The van der Waals surface area contributed by atoms with Crippen LogP contribution in [-0.4, -0.2) is 11.4 Å². The van der Waals surface area contributed by atoms with Crippen molar-refractivity contribution in [3.05, 3.63) is 55.0 Å². The Morgan fingerprint density at radius 3 is 2.50 bits per heavy atom. The maximum atomic E-state index is 12.1. The molecule has 2 nitrogen and oxygen atoms in total. The molecule has 2 aromatic rings. The van der Waals surface area contributed by atoms with E-state index in [0.717, 1.165) is 0 Å². The number of hydrogen-bond donors (Lipinski definition) is 1. The Bertz CT molecular complexity index is 605. The molecule has 20 heavy (non-hydrogen) atoms. The predicted octanol–water partition coefficient (Wildman–Crippen LogP) is 3.75. The summed E-state index contributed by atoms with van der Waals surface area (Å²) in [7, 11) is 0. The van der Waals surface area contributed by atoms with Gasteiger partial charge >= 0.3 is 0 Å². The molecule has 0 saturated carbocycles. The first-order valence-corrected chi connectivity index (χ1v) is 6.98. The van der Waals surface area contributed by atoms with Crippen LogP contribution in [0.5, 0.6) is 0 Å². The lowest BCUT2D eigenvalue weighted by atomic mass is 9.94. The van der Waals surface area contributed by atoms with Gasteiger partial charge in [-0.3, -0.25) is 4.79 Å². The van der Waals surface area contributed by atoms with Crippen molar-refractivity contribution < 1.29 is 4.79 Å². The Hall–Kier alpha value is -1.83. The van der Waals surface area contributed by atoms with E-state index in [9.17, 15) is 4.79 Å². The summed E-state index contributed by atoms with van der Waals surface area (Å²) in [5, 5.41) is 5.39. The van der Waals surface area contributed by atoms with Gasteiger partial charge in [-0.15, -0.1) is 0 Å². The van der Waals surface area contributed by atoms with Gasteiger partial charge in [-0.2, -0.15) is 0 Å². The highest BCUT2D eigenvalue weighted by molar-refractivity contribution is 5.87. The van der Waals surface area contributed by atoms with Gasteiger partial charge in [0.15, 0.2) is 0 Å². The van der Waals surface area contributed by atoms with Crippen LogP contribution in [0.3, 0.4) is 0 Å². The highest BCUT2D eigenvalue weighted by Crippen LogP contribution is 2.21. The van der Waals surface area contributed by atoms with Gasteiger partial charge in [-0.05, 0) is 50.5 Å². The van der Waals surface area contributed by atoms with Crippen molar-refractivity contribution in [2.75, 3.05) is 0 Å². The van der Waals surface area contributed by atoms with Crippen molar-refractivity contribution in [2.45, 2.75) is 32.7 Å². The summed E-state index contributed by atoms with van der Waals surface area (Å²) in [5.41, 5.74) is 0.957. The van der Waals surface area contributed by atoms with E-state index in [1.165, 1.54) is 16.3 Å². The molecule has 0 aliphatic carbocycles. The predicted molar refractivity (Wildman–Crippen MR) is 84.4 cm³/mol. The number of carbonyl (C=O) groups excluding carboxylic acids is 1. The van der Waals surface area contributed by atoms with E-state index >= 15 is 0 Å². The minimum atomic E-state index is -0.278. The fraction of sp³-hybridized carbons (Fsp3) is 0.333. The van der Waals surface area contributed by atoms with Crippen LogP contribution in [0.15, 0.2) is 42.5 Å². The molecular weight excluding hydrogens is 246 g/mol. The van der Waals surface area contributed by atoms with Gasteiger partial charge in [0.05, 0.1) is 0 Å². The smallest absolute Gasteiger partial charge is 0.223 e. The molecule has 2 heteroatoms. The molecule has 1 atom stereocenters. The molecule has 2 rings (SSSR count). The SMILES string of the molecule is [CH2]C(Cc1cccc2ccccc12)C(=O)NC(C)(C)C. The molecule has 2 aromatic carbocycles. The highest BCUT2D eigenvalue weighted by atomic mass is 16.2. The Labute approximate surface area is 121 Å². The van der Waals surface area contributed by atoms with Gasteiger partial charge in [-0.1, -0.05) is 42.5 Å². The number of amides is 1. The maximum Gasteiger partial charge on any atom is 0.223 e. The van der Waals surface area contributed by atoms with Crippen LogP contribution < -0.4 is 5.32 Å². The lowest BCUT2D eigenvalue weighted by Gasteiger charge is -2.23. The van der Waals surface area contributed by atoms with Gasteiger partial charge in [0.25, 0.3) is 0 Å². The molecule has 0 saturated heterocycles. The van der Waals surface area contributed by atoms with Gasteiger partial charge in [0, 0.05) is 11.5 Å². The fourth-order valence-corrected chi connectivity index (χ4v) is 2.30. The van der Waals surface area contributed by atoms with E-state index in [-0.39, 0.29) is 17.4 Å². The summed E-state index contributed by atoms with van der Waals surface area (Å²) in [5.74, 6) is -0.273. The Morgan fingerprint density at radius 2 is 1.80 bits per heavy atom.